The standard InChI is InChI=1S/C29H33N7O2/c37-28-26-20(15-31-28)18(19-16-32-36-17-29(7-8-29)14-24(19)36)3-4-21(26)33-25-6-5-23(35-10-12-38-13-11-35)27(34-25)22-2-1-9-30-22/h3-6,16,22,30H,1-2,7-15,17H2,(H,31,37)(H,33,34). The molecule has 2 saturated heterocycles. The molecule has 196 valence electrons. The predicted octanol–water partition coefficient (Wildman–Crippen LogP) is 3.53. The molecule has 0 radical (unpaired) electrons. The maximum Gasteiger partial charge on any atom is 0.254 e. The third kappa shape index (κ3) is 3.63. The van der Waals surface area contributed by atoms with Crippen LogP contribution in [0.5, 0.6) is 0 Å². The Morgan fingerprint density at radius 3 is 2.82 bits per heavy atom. The number of pyridine rings is 1. The van der Waals surface area contributed by atoms with E-state index in [9.17, 15) is 4.79 Å². The fourth-order valence-electron chi connectivity index (χ4n) is 6.82. The van der Waals surface area contributed by atoms with Gasteiger partial charge in [0.1, 0.15) is 5.82 Å². The average molecular weight is 512 g/mol. The Labute approximate surface area is 222 Å². The van der Waals surface area contributed by atoms with Crippen molar-refractivity contribution in [1.29, 1.82) is 0 Å². The maximum absolute atomic E-state index is 13.1. The van der Waals surface area contributed by atoms with Gasteiger partial charge in [0.15, 0.2) is 0 Å². The number of carbonyl (C=O) groups excluding carboxylic acids is 1. The van der Waals surface area contributed by atoms with Gasteiger partial charge in [0.2, 0.25) is 0 Å². The van der Waals surface area contributed by atoms with Crippen LogP contribution >= 0.6 is 0 Å². The number of hydrogen-bond donors (Lipinski definition) is 3. The molecule has 9 nitrogen and oxygen atoms in total. The number of carbonyl (C=O) groups is 1. The molecule has 8 rings (SSSR count). The summed E-state index contributed by atoms with van der Waals surface area (Å²) >= 11 is 0. The number of rotatable bonds is 5. The number of aromatic nitrogens is 3. The molecule has 2 aromatic heterocycles. The van der Waals surface area contributed by atoms with Crippen molar-refractivity contribution >= 4 is 23.1 Å². The van der Waals surface area contributed by atoms with Crippen molar-refractivity contribution in [2.24, 2.45) is 5.41 Å². The first kappa shape index (κ1) is 22.5. The third-order valence-electron chi connectivity index (χ3n) is 9.10. The van der Waals surface area contributed by atoms with E-state index in [1.807, 2.05) is 18.3 Å². The highest BCUT2D eigenvalue weighted by Gasteiger charge is 2.49. The zero-order valence-corrected chi connectivity index (χ0v) is 21.6. The van der Waals surface area contributed by atoms with Crippen LogP contribution in [0.3, 0.4) is 0 Å². The van der Waals surface area contributed by atoms with Crippen LogP contribution in [0.4, 0.5) is 17.2 Å². The number of nitrogens with one attached hydrogen (secondary N) is 3. The quantitative estimate of drug-likeness (QED) is 0.482. The Bertz CT molecular complexity index is 1430. The lowest BCUT2D eigenvalue weighted by atomic mass is 9.93. The first-order valence-electron chi connectivity index (χ1n) is 14.0. The first-order valence-corrected chi connectivity index (χ1v) is 14.0. The van der Waals surface area contributed by atoms with Gasteiger partial charge in [-0.15, -0.1) is 0 Å². The number of fused-ring (bicyclic) bond motifs is 2. The highest BCUT2D eigenvalue weighted by atomic mass is 16.5. The van der Waals surface area contributed by atoms with Crippen LogP contribution < -0.4 is 20.9 Å². The second kappa shape index (κ2) is 8.54. The Morgan fingerprint density at radius 2 is 2.00 bits per heavy atom. The number of ether oxygens (including phenoxy) is 1. The van der Waals surface area contributed by atoms with Crippen LogP contribution in [0.1, 0.15) is 59.0 Å². The number of nitrogens with zero attached hydrogens (tertiary/aromatic N) is 4. The molecule has 3 aromatic rings. The van der Waals surface area contributed by atoms with E-state index < -0.39 is 0 Å². The molecule has 1 unspecified atom stereocenters. The summed E-state index contributed by atoms with van der Waals surface area (Å²) in [7, 11) is 0. The predicted molar refractivity (Wildman–Crippen MR) is 145 cm³/mol. The van der Waals surface area contributed by atoms with Crippen molar-refractivity contribution in [3.63, 3.8) is 0 Å². The van der Waals surface area contributed by atoms with Gasteiger partial charge in [0, 0.05) is 37.4 Å². The van der Waals surface area contributed by atoms with Gasteiger partial charge in [-0.3, -0.25) is 9.48 Å². The molecule has 1 atom stereocenters. The van der Waals surface area contributed by atoms with Gasteiger partial charge in [0.25, 0.3) is 5.91 Å². The van der Waals surface area contributed by atoms with Gasteiger partial charge < -0.3 is 25.6 Å². The number of hydrogen-bond acceptors (Lipinski definition) is 7. The minimum atomic E-state index is -0.0329. The van der Waals surface area contributed by atoms with Crippen molar-refractivity contribution in [2.45, 2.75) is 51.2 Å². The summed E-state index contributed by atoms with van der Waals surface area (Å²) in [6.45, 7) is 5.83. The molecule has 1 saturated carbocycles. The van der Waals surface area contributed by atoms with E-state index in [1.165, 1.54) is 29.8 Å². The molecule has 1 spiro atoms. The highest BCUT2D eigenvalue weighted by Crippen LogP contribution is 2.54. The normalized spacial score (nSPS) is 23.0. The van der Waals surface area contributed by atoms with E-state index in [0.29, 0.717) is 12.0 Å². The summed E-state index contributed by atoms with van der Waals surface area (Å²) in [6.07, 6.45) is 7.91. The fourth-order valence-corrected chi connectivity index (χ4v) is 6.82. The Morgan fingerprint density at radius 1 is 1.11 bits per heavy atom. The monoisotopic (exact) mass is 511 g/mol. The summed E-state index contributed by atoms with van der Waals surface area (Å²) in [5, 5.41) is 14.9. The molecule has 0 bridgehead atoms. The van der Waals surface area contributed by atoms with Crippen molar-refractivity contribution in [3.8, 4) is 11.1 Å². The molecule has 3 fully saturated rings. The van der Waals surface area contributed by atoms with Gasteiger partial charge in [-0.1, -0.05) is 6.07 Å². The summed E-state index contributed by atoms with van der Waals surface area (Å²) in [4.78, 5) is 20.6. The molecule has 9 heteroatoms. The van der Waals surface area contributed by atoms with Crippen molar-refractivity contribution < 1.29 is 9.53 Å². The van der Waals surface area contributed by atoms with Crippen LogP contribution in [0.25, 0.3) is 11.1 Å². The maximum atomic E-state index is 13.1. The van der Waals surface area contributed by atoms with Gasteiger partial charge in [-0.05, 0) is 73.4 Å². The van der Waals surface area contributed by atoms with E-state index in [0.717, 1.165) is 92.5 Å². The zero-order valence-electron chi connectivity index (χ0n) is 21.6. The lowest BCUT2D eigenvalue weighted by molar-refractivity contribution is 0.0966. The Balaban J connectivity index is 1.14. The van der Waals surface area contributed by atoms with Gasteiger partial charge in [-0.2, -0.15) is 5.10 Å². The summed E-state index contributed by atoms with van der Waals surface area (Å²) < 4.78 is 7.77. The Kier molecular flexibility index (Phi) is 5.07. The first-order chi connectivity index (χ1) is 18.7. The summed E-state index contributed by atoms with van der Waals surface area (Å²) in [6, 6.07) is 8.64. The minimum Gasteiger partial charge on any atom is -0.378 e. The number of anilines is 3. The average Bonchev–Trinajstić information content (AvgIpc) is 3.36. The van der Waals surface area contributed by atoms with Gasteiger partial charge in [0.05, 0.1) is 48.1 Å². The topological polar surface area (TPSA) is 96.3 Å². The fraction of sp³-hybridized carbons (Fsp3) is 0.483. The number of morpholine rings is 1. The minimum absolute atomic E-state index is 0.0329. The van der Waals surface area contributed by atoms with E-state index in [4.69, 9.17) is 14.8 Å². The molecule has 1 aromatic carbocycles. The number of benzene rings is 1. The lowest BCUT2D eigenvalue weighted by Crippen LogP contribution is -2.37. The summed E-state index contributed by atoms with van der Waals surface area (Å²) in [5.74, 6) is 0.733. The van der Waals surface area contributed by atoms with Crippen molar-refractivity contribution in [2.75, 3.05) is 43.1 Å². The molecule has 5 aliphatic rings. The molecular formula is C29H33N7O2. The van der Waals surface area contributed by atoms with Gasteiger partial charge >= 0.3 is 0 Å². The molecule has 6 heterocycles. The molecular weight excluding hydrogens is 478 g/mol. The van der Waals surface area contributed by atoms with Crippen LogP contribution in [0, 0.1) is 5.41 Å². The summed E-state index contributed by atoms with van der Waals surface area (Å²) in [5.41, 5.74) is 8.90. The van der Waals surface area contributed by atoms with Crippen LogP contribution in [0.2, 0.25) is 0 Å². The molecule has 1 aliphatic carbocycles. The van der Waals surface area contributed by atoms with Crippen LogP contribution in [-0.4, -0.2) is 53.5 Å². The van der Waals surface area contributed by atoms with Gasteiger partial charge in [-0.25, -0.2) is 4.98 Å². The molecule has 38 heavy (non-hydrogen) atoms. The molecule has 1 amide bonds. The second-order valence-corrected chi connectivity index (χ2v) is 11.5. The van der Waals surface area contributed by atoms with Crippen LogP contribution in [-0.2, 0) is 24.2 Å². The molecule has 3 N–H and O–H groups in total. The smallest absolute Gasteiger partial charge is 0.254 e. The lowest BCUT2D eigenvalue weighted by Gasteiger charge is -2.31. The van der Waals surface area contributed by atoms with E-state index >= 15 is 0 Å². The SMILES string of the molecule is O=C1NCc2c(-c3cnn4c3CC3(CC3)C4)ccc(Nc3ccc(N4CCOCC4)c(C4CCCN4)n3)c21. The number of amides is 1. The van der Waals surface area contributed by atoms with Crippen molar-refractivity contribution in [1.82, 2.24) is 25.4 Å². The van der Waals surface area contributed by atoms with E-state index in [1.54, 1.807) is 0 Å². The Hall–Kier alpha value is -3.43. The van der Waals surface area contributed by atoms with Crippen LogP contribution in [0.15, 0.2) is 30.5 Å². The third-order valence-corrected chi connectivity index (χ3v) is 9.10. The highest BCUT2D eigenvalue weighted by molar-refractivity contribution is 6.06. The van der Waals surface area contributed by atoms with E-state index in [-0.39, 0.29) is 11.9 Å². The zero-order chi connectivity index (χ0) is 25.3. The largest absolute Gasteiger partial charge is 0.378 e. The van der Waals surface area contributed by atoms with Crippen molar-refractivity contribution in [3.05, 3.63) is 53.0 Å². The van der Waals surface area contributed by atoms with E-state index in [2.05, 4.69) is 37.7 Å². The second-order valence-electron chi connectivity index (χ2n) is 11.5. The molecule has 4 aliphatic heterocycles.